The van der Waals surface area contributed by atoms with Crippen molar-refractivity contribution in [3.05, 3.63) is 24.2 Å². The van der Waals surface area contributed by atoms with Crippen molar-refractivity contribution in [3.63, 3.8) is 0 Å². The van der Waals surface area contributed by atoms with Crippen LogP contribution in [0.15, 0.2) is 24.2 Å². The summed E-state index contributed by atoms with van der Waals surface area (Å²) in [4.78, 5) is 0. The summed E-state index contributed by atoms with van der Waals surface area (Å²) in [5, 5.41) is 0. The molecule has 4 heteroatoms. The number of halogens is 3. The lowest BCUT2D eigenvalue weighted by Gasteiger charge is -1.96. The smallest absolute Gasteiger partial charge is 0.342 e. The van der Waals surface area contributed by atoms with E-state index in [-0.39, 0.29) is 0 Å². The van der Waals surface area contributed by atoms with Gasteiger partial charge in [0.2, 0.25) is 0 Å². The highest BCUT2D eigenvalue weighted by atomic mass is 19.3. The molecule has 0 fully saturated rings. The fourth-order valence-corrected chi connectivity index (χ4v) is 0.288. The zero-order valence-electron chi connectivity index (χ0n) is 4.27. The second-order valence-electron chi connectivity index (χ2n) is 1.50. The van der Waals surface area contributed by atoms with E-state index in [0.717, 1.165) is 0 Å². The van der Waals surface area contributed by atoms with Crippen molar-refractivity contribution in [2.75, 3.05) is 0 Å². The van der Waals surface area contributed by atoms with Crippen LogP contribution in [0, 0.1) is 0 Å². The predicted octanol–water partition coefficient (Wildman–Crippen LogP) is 1.98. The maximum Gasteiger partial charge on any atom is 0.342 e. The molecule has 0 saturated carbocycles. The minimum atomic E-state index is -2.41. The Hall–Kier alpha value is -0.930. The monoisotopic (exact) mass is 136 g/mol. The van der Waals surface area contributed by atoms with Gasteiger partial charge in [-0.3, -0.25) is 0 Å². The minimum Gasteiger partial charge on any atom is -0.455 e. The molecule has 0 spiro atoms. The van der Waals surface area contributed by atoms with E-state index >= 15 is 0 Å². The summed E-state index contributed by atoms with van der Waals surface area (Å²) in [7, 11) is 0. The molecule has 50 valence electrons. The highest BCUT2D eigenvalue weighted by Crippen LogP contribution is 2.19. The molecule has 0 radical (unpaired) electrons. The zero-order chi connectivity index (χ0) is 6.85. The molecule has 0 amide bonds. The lowest BCUT2D eigenvalue weighted by atomic mass is 10.7. The molecule has 0 saturated heterocycles. The molecule has 1 aliphatic carbocycles. The Labute approximate surface area is 49.4 Å². The molecule has 1 rings (SSSR count). The predicted molar refractivity (Wildman–Crippen MR) is 24.4 cm³/mol. The molecule has 0 aromatic rings. The van der Waals surface area contributed by atoms with Gasteiger partial charge in [0, 0.05) is 0 Å². The summed E-state index contributed by atoms with van der Waals surface area (Å²) in [6, 6.07) is -1.79. The molecule has 0 aromatic heterocycles. The third-order valence-electron chi connectivity index (χ3n) is 0.738. The van der Waals surface area contributed by atoms with E-state index in [9.17, 15) is 13.2 Å². The van der Waals surface area contributed by atoms with E-state index < -0.39 is 18.2 Å². The van der Waals surface area contributed by atoms with Gasteiger partial charge >= 0.3 is 12.1 Å². The molecule has 0 bridgehead atoms. The van der Waals surface area contributed by atoms with Crippen molar-refractivity contribution in [1.29, 1.82) is 0 Å². The summed E-state index contributed by atoms with van der Waals surface area (Å²) in [5.74, 6) is 0. The Morgan fingerprint density at radius 3 is 2.11 bits per heavy atom. The van der Waals surface area contributed by atoms with Gasteiger partial charge in [-0.05, 0) is 12.2 Å². The summed E-state index contributed by atoms with van der Waals surface area (Å²) in [6.45, 7) is 0. The van der Waals surface area contributed by atoms with Crippen LogP contribution in [0.2, 0.25) is 0 Å². The van der Waals surface area contributed by atoms with Crippen LogP contribution in [-0.2, 0) is 4.74 Å². The topological polar surface area (TPSA) is 9.23 Å². The molecule has 0 heterocycles. The third kappa shape index (κ3) is 1.79. The van der Waals surface area contributed by atoms with Crippen LogP contribution in [0.5, 0.6) is 0 Å². The van der Waals surface area contributed by atoms with E-state index in [2.05, 4.69) is 4.74 Å². The molecule has 0 atom stereocenters. The fraction of sp³-hybridized carbons (Fsp3) is 0.200. The molecule has 0 aromatic carbocycles. The summed E-state index contributed by atoms with van der Waals surface area (Å²) in [6.07, 6.45) is -0.0411. The molecule has 0 N–H and O–H groups in total. The molecule has 1 nitrogen and oxygen atoms in total. The van der Waals surface area contributed by atoms with Gasteiger partial charge in [0.1, 0.15) is 6.10 Å². The van der Waals surface area contributed by atoms with Gasteiger partial charge in [0.25, 0.3) is 0 Å². The van der Waals surface area contributed by atoms with E-state index in [4.69, 9.17) is 0 Å². The third-order valence-corrected chi connectivity index (χ3v) is 0.738. The number of hydrogen-bond acceptors (Lipinski definition) is 1. The van der Waals surface area contributed by atoms with Crippen LogP contribution in [0.3, 0.4) is 0 Å². The molecular formula is C5H3F3O. The largest absolute Gasteiger partial charge is 0.455 e. The Kier molecular flexibility index (Phi) is 1.46. The first-order valence-corrected chi connectivity index (χ1v) is 2.26. The normalized spacial score (nSPS) is 15.4. The average Bonchev–Trinajstić information content (AvgIpc) is 2.50. The second-order valence-corrected chi connectivity index (χ2v) is 1.50. The van der Waals surface area contributed by atoms with E-state index in [1.54, 1.807) is 0 Å². The fourth-order valence-electron chi connectivity index (χ4n) is 0.288. The van der Waals surface area contributed by atoms with Gasteiger partial charge in [-0.1, -0.05) is 0 Å². The molecule has 0 aliphatic heterocycles. The van der Waals surface area contributed by atoms with Crippen molar-refractivity contribution in [1.82, 2.24) is 0 Å². The first-order chi connectivity index (χ1) is 4.20. The van der Waals surface area contributed by atoms with Crippen LogP contribution < -0.4 is 0 Å². The lowest BCUT2D eigenvalue weighted by molar-refractivity contribution is 0.120. The van der Waals surface area contributed by atoms with Gasteiger partial charge in [0.15, 0.2) is 0 Å². The van der Waals surface area contributed by atoms with Crippen molar-refractivity contribution in [2.24, 2.45) is 0 Å². The first kappa shape index (κ1) is 6.19. The maximum atomic E-state index is 11.7. The molecule has 1 aliphatic rings. The average molecular weight is 136 g/mol. The zero-order valence-corrected chi connectivity index (χ0v) is 4.27. The SMILES string of the molecule is FC(F)=C(F)OC1C=C1. The lowest BCUT2D eigenvalue weighted by Crippen LogP contribution is -1.91. The number of ether oxygens (including phenoxy) is 1. The summed E-state index contributed by atoms with van der Waals surface area (Å²) in [5.41, 5.74) is 0. The molecular weight excluding hydrogens is 133 g/mol. The van der Waals surface area contributed by atoms with E-state index in [1.165, 1.54) is 12.2 Å². The van der Waals surface area contributed by atoms with Gasteiger partial charge in [0.05, 0.1) is 0 Å². The van der Waals surface area contributed by atoms with E-state index in [0.29, 0.717) is 0 Å². The Morgan fingerprint density at radius 2 is 1.78 bits per heavy atom. The quantitative estimate of drug-likeness (QED) is 0.416. The van der Waals surface area contributed by atoms with Crippen LogP contribution in [-0.4, -0.2) is 6.10 Å². The van der Waals surface area contributed by atoms with Crippen LogP contribution in [0.4, 0.5) is 13.2 Å². The first-order valence-electron chi connectivity index (χ1n) is 2.26. The maximum absolute atomic E-state index is 11.7. The Bertz CT molecular complexity index is 163. The highest BCUT2D eigenvalue weighted by molar-refractivity contribution is 5.17. The second kappa shape index (κ2) is 2.13. The molecule has 9 heavy (non-hydrogen) atoms. The summed E-state index contributed by atoms with van der Waals surface area (Å²) < 4.78 is 38.0. The number of hydrogen-bond donors (Lipinski definition) is 0. The van der Waals surface area contributed by atoms with Crippen molar-refractivity contribution in [2.45, 2.75) is 6.10 Å². The van der Waals surface area contributed by atoms with Crippen LogP contribution >= 0.6 is 0 Å². The van der Waals surface area contributed by atoms with Gasteiger partial charge in [-0.2, -0.15) is 13.2 Å². The minimum absolute atomic E-state index is 0.550. The van der Waals surface area contributed by atoms with Crippen molar-refractivity contribution < 1.29 is 17.9 Å². The van der Waals surface area contributed by atoms with Crippen molar-refractivity contribution >= 4 is 0 Å². The Morgan fingerprint density at radius 1 is 1.22 bits per heavy atom. The van der Waals surface area contributed by atoms with Crippen LogP contribution in [0.25, 0.3) is 0 Å². The number of rotatable bonds is 2. The van der Waals surface area contributed by atoms with Gasteiger partial charge in [-0.15, -0.1) is 0 Å². The molecule has 0 unspecified atom stereocenters. The van der Waals surface area contributed by atoms with Gasteiger partial charge < -0.3 is 4.74 Å². The van der Waals surface area contributed by atoms with Crippen molar-refractivity contribution in [3.8, 4) is 0 Å². The van der Waals surface area contributed by atoms with Gasteiger partial charge in [-0.25, -0.2) is 0 Å². The van der Waals surface area contributed by atoms with E-state index in [1.807, 2.05) is 0 Å². The standard InChI is InChI=1S/C5H3F3O/c6-4(7)5(8)9-3-1-2-3/h1-3H. The highest BCUT2D eigenvalue weighted by Gasteiger charge is 2.16. The van der Waals surface area contributed by atoms with Crippen LogP contribution in [0.1, 0.15) is 0 Å². The Balaban J connectivity index is 2.33. The summed E-state index contributed by atoms with van der Waals surface area (Å²) >= 11 is 0.